The van der Waals surface area contributed by atoms with Crippen molar-refractivity contribution in [3.8, 4) is 11.5 Å². The highest BCUT2D eigenvalue weighted by Gasteiger charge is 2.22. The Hall–Kier alpha value is -1.26. The summed E-state index contributed by atoms with van der Waals surface area (Å²) >= 11 is 0. The molecule has 1 aliphatic carbocycles. The van der Waals surface area contributed by atoms with Gasteiger partial charge in [0.15, 0.2) is 0 Å². The van der Waals surface area contributed by atoms with E-state index in [1.807, 2.05) is 12.1 Å². The van der Waals surface area contributed by atoms with E-state index < -0.39 is 0 Å². The van der Waals surface area contributed by atoms with Crippen molar-refractivity contribution in [3.05, 3.63) is 23.8 Å². The molecule has 1 aromatic rings. The van der Waals surface area contributed by atoms with Gasteiger partial charge in [0.1, 0.15) is 11.5 Å². The highest BCUT2D eigenvalue weighted by atomic mass is 16.5. The van der Waals surface area contributed by atoms with Gasteiger partial charge in [-0.15, -0.1) is 0 Å². The molecule has 4 nitrogen and oxygen atoms in total. The standard InChI is InChI=1S/C17H27NO3/c1-4-10-18-16(12-21-13-6-5-7-13)15-9-8-14(19-2)11-17(15)20-3/h8-9,11,13,16,18H,4-7,10,12H2,1-3H3. The second-order valence-electron chi connectivity index (χ2n) is 5.50. The lowest BCUT2D eigenvalue weighted by Gasteiger charge is -2.29. The summed E-state index contributed by atoms with van der Waals surface area (Å²) in [5.41, 5.74) is 1.13. The quantitative estimate of drug-likeness (QED) is 0.758. The molecule has 0 radical (unpaired) electrons. The van der Waals surface area contributed by atoms with Crippen LogP contribution in [0, 0.1) is 0 Å². The third-order valence-electron chi connectivity index (χ3n) is 4.01. The molecule has 0 bridgehead atoms. The van der Waals surface area contributed by atoms with Crippen LogP contribution in [-0.2, 0) is 4.74 Å². The molecule has 0 amide bonds. The number of benzene rings is 1. The van der Waals surface area contributed by atoms with Crippen LogP contribution in [-0.4, -0.2) is 33.5 Å². The van der Waals surface area contributed by atoms with E-state index in [9.17, 15) is 0 Å². The molecule has 1 aromatic carbocycles. The lowest BCUT2D eigenvalue weighted by atomic mass is 9.96. The van der Waals surface area contributed by atoms with E-state index in [0.29, 0.717) is 12.7 Å². The molecule has 1 fully saturated rings. The smallest absolute Gasteiger partial charge is 0.127 e. The van der Waals surface area contributed by atoms with Gasteiger partial charge in [-0.1, -0.05) is 6.92 Å². The molecule has 1 aliphatic rings. The Morgan fingerprint density at radius 3 is 2.62 bits per heavy atom. The Kier molecular flexibility index (Phi) is 6.33. The molecule has 0 heterocycles. The highest BCUT2D eigenvalue weighted by molar-refractivity contribution is 5.42. The Labute approximate surface area is 127 Å². The van der Waals surface area contributed by atoms with E-state index in [2.05, 4.69) is 18.3 Å². The number of rotatable bonds is 9. The van der Waals surface area contributed by atoms with E-state index in [1.165, 1.54) is 19.3 Å². The molecule has 1 atom stereocenters. The molecule has 1 N–H and O–H groups in total. The summed E-state index contributed by atoms with van der Waals surface area (Å²) in [5.74, 6) is 1.66. The van der Waals surface area contributed by atoms with Gasteiger partial charge in [-0.25, -0.2) is 0 Å². The first-order valence-corrected chi connectivity index (χ1v) is 7.85. The van der Waals surface area contributed by atoms with E-state index in [1.54, 1.807) is 14.2 Å². The Bertz CT molecular complexity index is 432. The molecule has 0 aliphatic heterocycles. The zero-order chi connectivity index (χ0) is 15.1. The molecule has 4 heteroatoms. The summed E-state index contributed by atoms with van der Waals surface area (Å²) < 4.78 is 16.8. The topological polar surface area (TPSA) is 39.7 Å². The van der Waals surface area contributed by atoms with Gasteiger partial charge in [-0.3, -0.25) is 0 Å². The van der Waals surface area contributed by atoms with Crippen molar-refractivity contribution in [1.29, 1.82) is 0 Å². The predicted molar refractivity (Wildman–Crippen MR) is 84.2 cm³/mol. The first kappa shape index (κ1) is 16.1. The molecular formula is C17H27NO3. The SMILES string of the molecule is CCCNC(COC1CCC1)c1ccc(OC)cc1OC. The van der Waals surface area contributed by atoms with Crippen LogP contribution in [0.25, 0.3) is 0 Å². The van der Waals surface area contributed by atoms with Crippen LogP contribution in [0.2, 0.25) is 0 Å². The molecule has 1 unspecified atom stereocenters. The first-order valence-electron chi connectivity index (χ1n) is 7.85. The second-order valence-corrected chi connectivity index (χ2v) is 5.50. The Morgan fingerprint density at radius 2 is 2.05 bits per heavy atom. The first-order chi connectivity index (χ1) is 10.3. The largest absolute Gasteiger partial charge is 0.497 e. The summed E-state index contributed by atoms with van der Waals surface area (Å²) in [6, 6.07) is 6.13. The van der Waals surface area contributed by atoms with E-state index in [4.69, 9.17) is 14.2 Å². The van der Waals surface area contributed by atoms with Gasteiger partial charge in [0.2, 0.25) is 0 Å². The minimum Gasteiger partial charge on any atom is -0.497 e. The maximum absolute atomic E-state index is 6.00. The van der Waals surface area contributed by atoms with Crippen LogP contribution in [0.1, 0.15) is 44.2 Å². The lowest BCUT2D eigenvalue weighted by molar-refractivity contribution is -0.00900. The average molecular weight is 293 g/mol. The summed E-state index contributed by atoms with van der Waals surface area (Å²) in [6.45, 7) is 3.82. The zero-order valence-electron chi connectivity index (χ0n) is 13.4. The van der Waals surface area contributed by atoms with Crippen molar-refractivity contribution in [2.45, 2.75) is 44.8 Å². The number of ether oxygens (including phenoxy) is 3. The van der Waals surface area contributed by atoms with Crippen molar-refractivity contribution in [2.24, 2.45) is 0 Å². The molecule has 1 saturated carbocycles. The van der Waals surface area contributed by atoms with Crippen LogP contribution in [0.4, 0.5) is 0 Å². The monoisotopic (exact) mass is 293 g/mol. The maximum Gasteiger partial charge on any atom is 0.127 e. The van der Waals surface area contributed by atoms with Gasteiger partial charge >= 0.3 is 0 Å². The van der Waals surface area contributed by atoms with Crippen LogP contribution >= 0.6 is 0 Å². The molecule has 0 saturated heterocycles. The minimum atomic E-state index is 0.159. The fourth-order valence-corrected chi connectivity index (χ4v) is 2.45. The van der Waals surface area contributed by atoms with Gasteiger partial charge in [0, 0.05) is 11.6 Å². The molecule has 0 spiro atoms. The van der Waals surface area contributed by atoms with Crippen molar-refractivity contribution >= 4 is 0 Å². The highest BCUT2D eigenvalue weighted by Crippen LogP contribution is 2.31. The van der Waals surface area contributed by atoms with Crippen LogP contribution < -0.4 is 14.8 Å². The van der Waals surface area contributed by atoms with E-state index in [0.717, 1.165) is 30.0 Å². The van der Waals surface area contributed by atoms with Gasteiger partial charge in [-0.2, -0.15) is 0 Å². The summed E-state index contributed by atoms with van der Waals surface area (Å²) in [7, 11) is 3.36. The third-order valence-corrected chi connectivity index (χ3v) is 4.01. The lowest BCUT2D eigenvalue weighted by Crippen LogP contribution is -2.31. The van der Waals surface area contributed by atoms with E-state index >= 15 is 0 Å². The summed E-state index contributed by atoms with van der Waals surface area (Å²) in [4.78, 5) is 0. The maximum atomic E-state index is 6.00. The van der Waals surface area contributed by atoms with Gasteiger partial charge in [0.05, 0.1) is 33.0 Å². The second kappa shape index (κ2) is 8.25. The van der Waals surface area contributed by atoms with Crippen LogP contribution in [0.15, 0.2) is 18.2 Å². The Morgan fingerprint density at radius 1 is 1.24 bits per heavy atom. The van der Waals surface area contributed by atoms with Crippen molar-refractivity contribution < 1.29 is 14.2 Å². The molecule has 118 valence electrons. The summed E-state index contributed by atoms with van der Waals surface area (Å²) in [6.07, 6.45) is 5.22. The zero-order valence-corrected chi connectivity index (χ0v) is 13.4. The summed E-state index contributed by atoms with van der Waals surface area (Å²) in [5, 5.41) is 3.56. The van der Waals surface area contributed by atoms with Gasteiger partial charge < -0.3 is 19.5 Å². The van der Waals surface area contributed by atoms with E-state index in [-0.39, 0.29) is 6.04 Å². The molecular weight excluding hydrogens is 266 g/mol. The number of nitrogens with one attached hydrogen (secondary N) is 1. The van der Waals surface area contributed by atoms with Gasteiger partial charge in [-0.05, 0) is 44.4 Å². The minimum absolute atomic E-state index is 0.159. The third kappa shape index (κ3) is 4.35. The molecule has 21 heavy (non-hydrogen) atoms. The fraction of sp³-hybridized carbons (Fsp3) is 0.647. The fourth-order valence-electron chi connectivity index (χ4n) is 2.45. The number of hydrogen-bond acceptors (Lipinski definition) is 4. The normalized spacial score (nSPS) is 16.3. The van der Waals surface area contributed by atoms with Crippen molar-refractivity contribution in [3.63, 3.8) is 0 Å². The Balaban J connectivity index is 2.09. The van der Waals surface area contributed by atoms with Crippen molar-refractivity contribution in [2.75, 3.05) is 27.4 Å². The number of methoxy groups -OCH3 is 2. The molecule has 2 rings (SSSR count). The van der Waals surface area contributed by atoms with Crippen LogP contribution in [0.3, 0.4) is 0 Å². The average Bonchev–Trinajstić information content (AvgIpc) is 2.48. The number of hydrogen-bond donors (Lipinski definition) is 1. The molecule has 0 aromatic heterocycles. The van der Waals surface area contributed by atoms with Crippen molar-refractivity contribution in [1.82, 2.24) is 5.32 Å². The predicted octanol–water partition coefficient (Wildman–Crippen LogP) is 3.31. The van der Waals surface area contributed by atoms with Gasteiger partial charge in [0.25, 0.3) is 0 Å². The van der Waals surface area contributed by atoms with Crippen LogP contribution in [0.5, 0.6) is 11.5 Å².